The third-order valence-corrected chi connectivity index (χ3v) is 4.02. The van der Waals surface area contributed by atoms with E-state index in [1.807, 2.05) is 18.2 Å². The molecule has 0 bridgehead atoms. The maximum absolute atomic E-state index is 12.9. The highest BCUT2D eigenvalue weighted by molar-refractivity contribution is 6.17. The largest absolute Gasteiger partial charge is 0.361 e. The molecule has 1 unspecified atom stereocenters. The molecular weight excluding hydrogens is 268 g/mol. The Kier molecular flexibility index (Phi) is 2.82. The fourth-order valence-corrected chi connectivity index (χ4v) is 3.14. The van der Waals surface area contributed by atoms with Gasteiger partial charge in [0, 0.05) is 6.20 Å². The van der Waals surface area contributed by atoms with Gasteiger partial charge in [-0.25, -0.2) is 4.52 Å². The van der Waals surface area contributed by atoms with Gasteiger partial charge in [0.1, 0.15) is 11.5 Å². The summed E-state index contributed by atoms with van der Waals surface area (Å²) < 4.78 is 7.43. The molecule has 1 fully saturated rings. The van der Waals surface area contributed by atoms with Gasteiger partial charge >= 0.3 is 0 Å². The van der Waals surface area contributed by atoms with E-state index in [0.29, 0.717) is 11.1 Å². The van der Waals surface area contributed by atoms with Crippen molar-refractivity contribution < 1.29 is 14.3 Å². The lowest BCUT2D eigenvalue weighted by atomic mass is 9.81. The van der Waals surface area contributed by atoms with Crippen LogP contribution in [0, 0.1) is 5.92 Å². The van der Waals surface area contributed by atoms with Crippen LogP contribution in [0.3, 0.4) is 0 Å². The molecular formula is C16H18N2O3. The second kappa shape index (κ2) is 4.24. The first-order chi connectivity index (χ1) is 9.74. The Morgan fingerprint density at radius 2 is 2.00 bits per heavy atom. The number of carbonyl (C=O) groups excluding carboxylic acids is 2. The van der Waals surface area contributed by atoms with Gasteiger partial charge in [0.2, 0.25) is 0 Å². The van der Waals surface area contributed by atoms with E-state index in [9.17, 15) is 9.59 Å². The molecule has 1 aliphatic rings. The van der Waals surface area contributed by atoms with E-state index in [-0.39, 0.29) is 11.6 Å². The maximum atomic E-state index is 12.9. The van der Waals surface area contributed by atoms with Gasteiger partial charge in [-0.15, -0.1) is 0 Å². The number of hydrogen-bond donors (Lipinski definition) is 0. The Bertz CT molecular complexity index is 743. The monoisotopic (exact) mass is 286 g/mol. The molecule has 0 spiro atoms. The molecule has 0 aliphatic carbocycles. The van der Waals surface area contributed by atoms with E-state index in [1.54, 1.807) is 38.4 Å². The lowest BCUT2D eigenvalue weighted by Crippen LogP contribution is -2.37. The molecule has 2 aromatic heterocycles. The van der Waals surface area contributed by atoms with Crippen molar-refractivity contribution in [2.45, 2.75) is 38.9 Å². The summed E-state index contributed by atoms with van der Waals surface area (Å²) in [5, 5.41) is 4.16. The minimum Gasteiger partial charge on any atom is -0.361 e. The molecule has 3 heterocycles. The first-order valence-corrected chi connectivity index (χ1v) is 6.95. The summed E-state index contributed by atoms with van der Waals surface area (Å²) in [6.07, 6.45) is 3.29. The van der Waals surface area contributed by atoms with Gasteiger partial charge in [-0.3, -0.25) is 9.59 Å². The Morgan fingerprint density at radius 3 is 2.62 bits per heavy atom. The Morgan fingerprint density at radius 1 is 1.29 bits per heavy atom. The highest BCUT2D eigenvalue weighted by Crippen LogP contribution is 2.41. The molecule has 3 rings (SSSR count). The summed E-state index contributed by atoms with van der Waals surface area (Å²) in [5.41, 5.74) is -0.591. The molecule has 5 heteroatoms. The number of fused-ring (bicyclic) bond motifs is 1. The minimum absolute atomic E-state index is 0.173. The number of ether oxygens (including phenoxy) is 1. The van der Waals surface area contributed by atoms with Crippen LogP contribution in [-0.4, -0.2) is 32.4 Å². The number of pyridine rings is 1. The second-order valence-corrected chi connectivity index (χ2v) is 6.47. The Hall–Kier alpha value is -2.01. The van der Waals surface area contributed by atoms with E-state index >= 15 is 0 Å². The zero-order chi connectivity index (χ0) is 15.4. The molecule has 110 valence electrons. The third kappa shape index (κ3) is 2.00. The zero-order valence-electron chi connectivity index (χ0n) is 12.6. The number of nitrogens with zero attached hydrogens (tertiary/aromatic N) is 2. The standard InChI is InChI=1S/C16H18N2O3/c1-15(2)12(14(20)16(3,4)21-15)13(19)10-9-17-18-8-6-5-7-11(10)18/h5-9,12H,1-4H3. The highest BCUT2D eigenvalue weighted by atomic mass is 16.5. The zero-order valence-corrected chi connectivity index (χ0v) is 12.6. The normalized spacial score (nSPS) is 23.6. The smallest absolute Gasteiger partial charge is 0.180 e. The Balaban J connectivity index is 2.08. The fourth-order valence-electron chi connectivity index (χ4n) is 3.14. The van der Waals surface area contributed by atoms with Crippen molar-refractivity contribution in [2.75, 3.05) is 0 Å². The highest BCUT2D eigenvalue weighted by Gasteiger charge is 2.56. The van der Waals surface area contributed by atoms with Gasteiger partial charge in [-0.05, 0) is 39.8 Å². The van der Waals surface area contributed by atoms with E-state index in [0.717, 1.165) is 0 Å². The minimum atomic E-state index is -0.938. The van der Waals surface area contributed by atoms with E-state index in [4.69, 9.17) is 4.74 Å². The van der Waals surface area contributed by atoms with Gasteiger partial charge in [-0.2, -0.15) is 5.10 Å². The molecule has 0 aromatic carbocycles. The first kappa shape index (κ1) is 13.9. The number of ketones is 2. The topological polar surface area (TPSA) is 60.7 Å². The molecule has 0 N–H and O–H groups in total. The van der Waals surface area contributed by atoms with Crippen LogP contribution in [0.5, 0.6) is 0 Å². The van der Waals surface area contributed by atoms with E-state index in [2.05, 4.69) is 5.10 Å². The van der Waals surface area contributed by atoms with Crippen LogP contribution in [0.15, 0.2) is 30.6 Å². The van der Waals surface area contributed by atoms with Crippen molar-refractivity contribution in [3.63, 3.8) is 0 Å². The molecule has 2 aromatic rings. The van der Waals surface area contributed by atoms with Crippen LogP contribution in [0.1, 0.15) is 38.1 Å². The molecule has 0 saturated carbocycles. The molecule has 21 heavy (non-hydrogen) atoms. The summed E-state index contributed by atoms with van der Waals surface area (Å²) in [5.74, 6) is -1.20. The van der Waals surface area contributed by atoms with Crippen molar-refractivity contribution in [1.82, 2.24) is 9.61 Å². The maximum Gasteiger partial charge on any atom is 0.180 e. The van der Waals surface area contributed by atoms with Gasteiger partial charge in [0.25, 0.3) is 0 Å². The molecule has 0 amide bonds. The SMILES string of the molecule is CC1(C)OC(C)(C)C(C(=O)c2cnn3ccccc23)C1=O. The van der Waals surface area contributed by atoms with Crippen LogP contribution in [0.25, 0.3) is 5.52 Å². The average Bonchev–Trinajstić information content (AvgIpc) is 2.86. The molecule has 1 atom stereocenters. The van der Waals surface area contributed by atoms with Gasteiger partial charge in [-0.1, -0.05) is 6.07 Å². The van der Waals surface area contributed by atoms with Crippen LogP contribution in [-0.2, 0) is 9.53 Å². The lowest BCUT2D eigenvalue weighted by molar-refractivity contribution is -0.132. The molecule has 5 nitrogen and oxygen atoms in total. The molecule has 1 saturated heterocycles. The van der Waals surface area contributed by atoms with Crippen molar-refractivity contribution >= 4 is 17.1 Å². The van der Waals surface area contributed by atoms with Crippen molar-refractivity contribution in [2.24, 2.45) is 5.92 Å². The predicted molar refractivity (Wildman–Crippen MR) is 77.3 cm³/mol. The van der Waals surface area contributed by atoms with Crippen LogP contribution < -0.4 is 0 Å². The first-order valence-electron chi connectivity index (χ1n) is 6.95. The summed E-state index contributed by atoms with van der Waals surface area (Å²) in [4.78, 5) is 25.4. The lowest BCUT2D eigenvalue weighted by Gasteiger charge is -2.24. The van der Waals surface area contributed by atoms with E-state index in [1.165, 1.54) is 6.20 Å². The number of rotatable bonds is 2. The fraction of sp³-hybridized carbons (Fsp3) is 0.438. The summed E-state index contributed by atoms with van der Waals surface area (Å²) in [6, 6.07) is 5.50. The number of hydrogen-bond acceptors (Lipinski definition) is 4. The summed E-state index contributed by atoms with van der Waals surface area (Å²) in [6.45, 7) is 6.99. The van der Waals surface area contributed by atoms with Crippen molar-refractivity contribution in [1.29, 1.82) is 0 Å². The Labute approximate surface area is 122 Å². The van der Waals surface area contributed by atoms with Crippen LogP contribution >= 0.6 is 0 Å². The molecule has 1 aliphatic heterocycles. The molecule has 0 radical (unpaired) electrons. The third-order valence-electron chi connectivity index (χ3n) is 4.02. The van der Waals surface area contributed by atoms with Gasteiger partial charge in [0.05, 0.1) is 22.9 Å². The quantitative estimate of drug-likeness (QED) is 0.628. The predicted octanol–water partition coefficient (Wildman–Crippen LogP) is 2.29. The number of aromatic nitrogens is 2. The second-order valence-electron chi connectivity index (χ2n) is 6.47. The van der Waals surface area contributed by atoms with Crippen molar-refractivity contribution in [3.05, 3.63) is 36.2 Å². The number of carbonyl (C=O) groups is 2. The van der Waals surface area contributed by atoms with Gasteiger partial charge < -0.3 is 4.74 Å². The van der Waals surface area contributed by atoms with Crippen LogP contribution in [0.2, 0.25) is 0 Å². The van der Waals surface area contributed by atoms with E-state index < -0.39 is 17.1 Å². The summed E-state index contributed by atoms with van der Waals surface area (Å²) in [7, 11) is 0. The average molecular weight is 286 g/mol. The van der Waals surface area contributed by atoms with Gasteiger partial charge in [0.15, 0.2) is 11.6 Å². The summed E-state index contributed by atoms with van der Waals surface area (Å²) >= 11 is 0. The van der Waals surface area contributed by atoms with Crippen LogP contribution in [0.4, 0.5) is 0 Å². The number of Topliss-reactive ketones (excluding diaryl/α,β-unsaturated/α-hetero) is 2. The van der Waals surface area contributed by atoms with Crippen molar-refractivity contribution in [3.8, 4) is 0 Å².